The minimum atomic E-state index is -0.695. The van der Waals surface area contributed by atoms with Crippen LogP contribution in [0.5, 0.6) is 0 Å². The summed E-state index contributed by atoms with van der Waals surface area (Å²) in [6.07, 6.45) is 5.33. The van der Waals surface area contributed by atoms with Crippen LogP contribution in [0, 0.1) is 0 Å². The molecule has 1 aromatic heterocycles. The van der Waals surface area contributed by atoms with Gasteiger partial charge < -0.3 is 15.6 Å². The molecule has 2 amide bonds. The third kappa shape index (κ3) is 5.39. The van der Waals surface area contributed by atoms with Crippen molar-refractivity contribution in [1.82, 2.24) is 15.6 Å². The van der Waals surface area contributed by atoms with Gasteiger partial charge in [-0.1, -0.05) is 61.7 Å². The van der Waals surface area contributed by atoms with Crippen LogP contribution in [0.3, 0.4) is 0 Å². The van der Waals surface area contributed by atoms with E-state index in [-0.39, 0.29) is 11.8 Å². The molecule has 1 unspecified atom stereocenters. The van der Waals surface area contributed by atoms with Crippen LogP contribution < -0.4 is 10.6 Å². The smallest absolute Gasteiger partial charge is 0.253 e. The van der Waals surface area contributed by atoms with Gasteiger partial charge in [0, 0.05) is 30.1 Å². The molecule has 3 N–H and O–H groups in total. The predicted octanol–water partition coefficient (Wildman–Crippen LogP) is 4.47. The highest BCUT2D eigenvalue weighted by Crippen LogP contribution is 2.20. The minimum Gasteiger partial charge on any atom is -0.361 e. The lowest BCUT2D eigenvalue weighted by Gasteiger charge is -2.19. The van der Waals surface area contributed by atoms with Crippen molar-refractivity contribution in [2.75, 3.05) is 6.54 Å². The van der Waals surface area contributed by atoms with Gasteiger partial charge in [-0.25, -0.2) is 0 Å². The van der Waals surface area contributed by atoms with Crippen molar-refractivity contribution in [3.63, 3.8) is 0 Å². The number of aromatic amines is 1. The first-order valence-electron chi connectivity index (χ1n) is 9.98. The Morgan fingerprint density at radius 3 is 2.62 bits per heavy atom. The van der Waals surface area contributed by atoms with Gasteiger partial charge in [0.25, 0.3) is 5.91 Å². The number of halogens is 1. The standard InChI is InChI=1S/C23H26ClN3O2/c1-2-3-8-13-25-23(29)21(27-22(28)18-10-4-6-11-19(18)24)14-16-15-26-20-12-7-5-9-17(16)20/h4-7,9-12,15,21,26H,2-3,8,13-14H2,1H3,(H,25,29)(H,27,28). The number of para-hydroxylation sites is 1. The molecule has 152 valence electrons. The van der Waals surface area contributed by atoms with Crippen molar-refractivity contribution < 1.29 is 9.59 Å². The highest BCUT2D eigenvalue weighted by atomic mass is 35.5. The maximum atomic E-state index is 12.9. The van der Waals surface area contributed by atoms with Crippen LogP contribution >= 0.6 is 11.6 Å². The zero-order chi connectivity index (χ0) is 20.6. The molecule has 3 aromatic rings. The van der Waals surface area contributed by atoms with Gasteiger partial charge in [-0.3, -0.25) is 9.59 Å². The summed E-state index contributed by atoms with van der Waals surface area (Å²) in [5, 5.41) is 7.23. The Balaban J connectivity index is 1.78. The maximum Gasteiger partial charge on any atom is 0.253 e. The zero-order valence-electron chi connectivity index (χ0n) is 16.5. The van der Waals surface area contributed by atoms with E-state index in [2.05, 4.69) is 22.5 Å². The molecule has 0 aliphatic rings. The zero-order valence-corrected chi connectivity index (χ0v) is 17.3. The molecular formula is C23H26ClN3O2. The second-order valence-electron chi connectivity index (χ2n) is 7.07. The van der Waals surface area contributed by atoms with Gasteiger partial charge >= 0.3 is 0 Å². The van der Waals surface area contributed by atoms with Crippen molar-refractivity contribution >= 4 is 34.3 Å². The molecule has 0 saturated carbocycles. The maximum absolute atomic E-state index is 12.9. The molecule has 0 spiro atoms. The number of carbonyl (C=O) groups is 2. The molecule has 6 heteroatoms. The van der Waals surface area contributed by atoms with Crippen molar-refractivity contribution in [3.8, 4) is 0 Å². The summed E-state index contributed by atoms with van der Waals surface area (Å²) in [6.45, 7) is 2.71. The molecule has 0 saturated heterocycles. The SMILES string of the molecule is CCCCCNC(=O)C(Cc1c[nH]c2ccccc12)NC(=O)c1ccccc1Cl. The molecule has 0 aliphatic carbocycles. The summed E-state index contributed by atoms with van der Waals surface area (Å²) < 4.78 is 0. The largest absolute Gasteiger partial charge is 0.361 e. The normalized spacial score (nSPS) is 11.9. The van der Waals surface area contributed by atoms with Crippen LogP contribution in [0.15, 0.2) is 54.7 Å². The summed E-state index contributed by atoms with van der Waals surface area (Å²) >= 11 is 6.15. The van der Waals surface area contributed by atoms with Crippen LogP contribution in [-0.4, -0.2) is 29.4 Å². The van der Waals surface area contributed by atoms with Crippen LogP contribution in [0.25, 0.3) is 10.9 Å². The van der Waals surface area contributed by atoms with Crippen LogP contribution in [0.1, 0.15) is 42.1 Å². The fourth-order valence-corrected chi connectivity index (χ4v) is 3.54. The number of H-pyrrole nitrogens is 1. The van der Waals surface area contributed by atoms with Gasteiger partial charge in [0.15, 0.2) is 0 Å². The average molecular weight is 412 g/mol. The lowest BCUT2D eigenvalue weighted by molar-refractivity contribution is -0.122. The Morgan fingerprint density at radius 2 is 1.83 bits per heavy atom. The Bertz CT molecular complexity index is 983. The van der Waals surface area contributed by atoms with Crippen LogP contribution in [-0.2, 0) is 11.2 Å². The molecule has 0 aliphatic heterocycles. The summed E-state index contributed by atoms with van der Waals surface area (Å²) in [5.41, 5.74) is 2.34. The number of hydrogen-bond donors (Lipinski definition) is 3. The molecule has 1 atom stereocenters. The lowest BCUT2D eigenvalue weighted by atomic mass is 10.0. The first-order chi connectivity index (χ1) is 14.1. The van der Waals surface area contributed by atoms with Gasteiger partial charge in [0.2, 0.25) is 5.91 Å². The number of rotatable bonds is 9. The predicted molar refractivity (Wildman–Crippen MR) is 117 cm³/mol. The van der Waals surface area contributed by atoms with Crippen LogP contribution in [0.2, 0.25) is 5.02 Å². The number of amides is 2. The Kier molecular flexibility index (Phi) is 7.30. The number of aromatic nitrogens is 1. The number of nitrogens with one attached hydrogen (secondary N) is 3. The number of hydrogen-bond acceptors (Lipinski definition) is 2. The molecule has 2 aromatic carbocycles. The first-order valence-corrected chi connectivity index (χ1v) is 10.4. The minimum absolute atomic E-state index is 0.188. The topological polar surface area (TPSA) is 74.0 Å². The molecule has 3 rings (SSSR count). The fraction of sp³-hybridized carbons (Fsp3) is 0.304. The molecule has 5 nitrogen and oxygen atoms in total. The highest BCUT2D eigenvalue weighted by Gasteiger charge is 2.23. The van der Waals surface area contributed by atoms with E-state index in [9.17, 15) is 9.59 Å². The summed E-state index contributed by atoms with van der Waals surface area (Å²) in [7, 11) is 0. The average Bonchev–Trinajstić information content (AvgIpc) is 3.14. The van der Waals surface area contributed by atoms with E-state index in [1.54, 1.807) is 24.3 Å². The second-order valence-corrected chi connectivity index (χ2v) is 7.47. The van der Waals surface area contributed by atoms with E-state index in [1.807, 2.05) is 30.5 Å². The number of unbranched alkanes of at least 4 members (excludes halogenated alkanes) is 2. The van der Waals surface area contributed by atoms with E-state index < -0.39 is 6.04 Å². The number of benzene rings is 2. The first kappa shape index (κ1) is 20.9. The van der Waals surface area contributed by atoms with Gasteiger partial charge in [0.05, 0.1) is 10.6 Å². The van der Waals surface area contributed by atoms with E-state index >= 15 is 0 Å². The van der Waals surface area contributed by atoms with E-state index in [0.717, 1.165) is 35.7 Å². The molecule has 0 fully saturated rings. The van der Waals surface area contributed by atoms with E-state index in [1.165, 1.54) is 0 Å². The van der Waals surface area contributed by atoms with Crippen molar-refractivity contribution in [2.45, 2.75) is 38.6 Å². The Labute approximate surface area is 175 Å². The van der Waals surface area contributed by atoms with Crippen molar-refractivity contribution in [3.05, 3.63) is 70.9 Å². The third-order valence-corrected chi connectivity index (χ3v) is 5.25. The Hall–Kier alpha value is -2.79. The molecule has 0 radical (unpaired) electrons. The molecule has 0 bridgehead atoms. The summed E-state index contributed by atoms with van der Waals surface area (Å²) in [6, 6.07) is 14.0. The van der Waals surface area contributed by atoms with Gasteiger partial charge in [-0.2, -0.15) is 0 Å². The molecule has 1 heterocycles. The van der Waals surface area contributed by atoms with E-state index in [4.69, 9.17) is 11.6 Å². The third-order valence-electron chi connectivity index (χ3n) is 4.92. The molecular weight excluding hydrogens is 386 g/mol. The fourth-order valence-electron chi connectivity index (χ4n) is 3.32. The van der Waals surface area contributed by atoms with Gasteiger partial charge in [-0.15, -0.1) is 0 Å². The monoisotopic (exact) mass is 411 g/mol. The lowest BCUT2D eigenvalue weighted by Crippen LogP contribution is -2.48. The molecule has 29 heavy (non-hydrogen) atoms. The van der Waals surface area contributed by atoms with Gasteiger partial charge in [0.1, 0.15) is 6.04 Å². The number of fused-ring (bicyclic) bond motifs is 1. The second kappa shape index (κ2) is 10.1. The Morgan fingerprint density at radius 1 is 1.07 bits per heavy atom. The summed E-state index contributed by atoms with van der Waals surface area (Å²) in [5.74, 6) is -0.545. The quantitative estimate of drug-likeness (QED) is 0.454. The summed E-state index contributed by atoms with van der Waals surface area (Å²) in [4.78, 5) is 28.8. The van der Waals surface area contributed by atoms with Crippen LogP contribution in [0.4, 0.5) is 0 Å². The van der Waals surface area contributed by atoms with Crippen molar-refractivity contribution in [1.29, 1.82) is 0 Å². The highest BCUT2D eigenvalue weighted by molar-refractivity contribution is 6.33. The van der Waals surface area contributed by atoms with Crippen molar-refractivity contribution in [2.24, 2.45) is 0 Å². The van der Waals surface area contributed by atoms with E-state index in [0.29, 0.717) is 23.6 Å². The van der Waals surface area contributed by atoms with Gasteiger partial charge in [-0.05, 0) is 30.2 Å². The number of carbonyl (C=O) groups excluding carboxylic acids is 2.